The highest BCUT2D eigenvalue weighted by molar-refractivity contribution is 6.02. The molecule has 6 nitrogen and oxygen atoms in total. The van der Waals surface area contributed by atoms with Crippen molar-refractivity contribution in [2.45, 2.75) is 20.0 Å². The molecule has 2 amide bonds. The average molecular weight is 409 g/mol. The zero-order chi connectivity index (χ0) is 21.7. The smallest absolute Gasteiger partial charge is 0.291 e. The number of anilines is 2. The van der Waals surface area contributed by atoms with E-state index in [1.807, 2.05) is 31.1 Å². The third-order valence-corrected chi connectivity index (χ3v) is 4.63. The summed E-state index contributed by atoms with van der Waals surface area (Å²) in [5, 5.41) is 2.81. The summed E-state index contributed by atoms with van der Waals surface area (Å²) in [5.74, 6) is -0.613. The molecule has 0 spiro atoms. The van der Waals surface area contributed by atoms with Gasteiger partial charge < -0.3 is 19.5 Å². The number of nitrogens with one attached hydrogen (secondary N) is 1. The van der Waals surface area contributed by atoms with E-state index in [1.165, 1.54) is 25.3 Å². The van der Waals surface area contributed by atoms with Crippen LogP contribution in [0, 0.1) is 5.82 Å². The van der Waals surface area contributed by atoms with Crippen LogP contribution in [-0.4, -0.2) is 30.8 Å². The number of amides is 2. The number of carbonyl (C=O) groups is 2. The van der Waals surface area contributed by atoms with Crippen molar-refractivity contribution in [2.24, 2.45) is 0 Å². The van der Waals surface area contributed by atoms with Crippen molar-refractivity contribution >= 4 is 23.2 Å². The first-order chi connectivity index (χ1) is 14.3. The molecule has 7 heteroatoms. The fourth-order valence-corrected chi connectivity index (χ4v) is 3.17. The van der Waals surface area contributed by atoms with Gasteiger partial charge in [0.1, 0.15) is 5.82 Å². The van der Waals surface area contributed by atoms with Crippen molar-refractivity contribution in [1.82, 2.24) is 4.90 Å². The maximum Gasteiger partial charge on any atom is 0.291 e. The van der Waals surface area contributed by atoms with Crippen LogP contribution in [0.2, 0.25) is 0 Å². The van der Waals surface area contributed by atoms with E-state index in [4.69, 9.17) is 4.42 Å². The molecule has 0 saturated carbocycles. The molecule has 3 rings (SSSR count). The molecular weight excluding hydrogens is 385 g/mol. The maximum absolute atomic E-state index is 13.5. The highest BCUT2D eigenvalue weighted by atomic mass is 19.1. The predicted octanol–water partition coefficient (Wildman–Crippen LogP) is 4.29. The van der Waals surface area contributed by atoms with Crippen molar-refractivity contribution in [3.63, 3.8) is 0 Å². The first-order valence-electron chi connectivity index (χ1n) is 9.48. The van der Waals surface area contributed by atoms with E-state index in [0.29, 0.717) is 17.8 Å². The largest absolute Gasteiger partial charge is 0.459 e. The minimum atomic E-state index is -0.355. The third-order valence-electron chi connectivity index (χ3n) is 4.63. The van der Waals surface area contributed by atoms with Gasteiger partial charge in [-0.25, -0.2) is 4.39 Å². The molecule has 0 unspecified atom stereocenters. The van der Waals surface area contributed by atoms with Crippen LogP contribution >= 0.6 is 0 Å². The van der Waals surface area contributed by atoms with Gasteiger partial charge in [0.2, 0.25) is 5.91 Å². The number of hydrogen-bond donors (Lipinski definition) is 1. The van der Waals surface area contributed by atoms with E-state index in [9.17, 15) is 14.0 Å². The molecule has 0 fully saturated rings. The highest BCUT2D eigenvalue weighted by Crippen LogP contribution is 2.26. The van der Waals surface area contributed by atoms with Crippen LogP contribution in [-0.2, 0) is 17.9 Å². The molecule has 0 atom stereocenters. The Morgan fingerprint density at radius 3 is 2.47 bits per heavy atom. The van der Waals surface area contributed by atoms with Crippen molar-refractivity contribution in [1.29, 1.82) is 0 Å². The number of halogens is 1. The van der Waals surface area contributed by atoms with E-state index in [1.54, 1.807) is 35.2 Å². The van der Waals surface area contributed by atoms with Crippen LogP contribution in [0.5, 0.6) is 0 Å². The molecule has 2 aromatic carbocycles. The maximum atomic E-state index is 13.5. The van der Waals surface area contributed by atoms with Gasteiger partial charge in [0.05, 0.1) is 6.26 Å². The Bertz CT molecular complexity index is 1030. The average Bonchev–Trinajstić information content (AvgIpc) is 3.22. The molecule has 0 bridgehead atoms. The number of benzene rings is 2. The van der Waals surface area contributed by atoms with Crippen molar-refractivity contribution in [3.8, 4) is 0 Å². The summed E-state index contributed by atoms with van der Waals surface area (Å²) in [7, 11) is 3.81. The van der Waals surface area contributed by atoms with Gasteiger partial charge in [-0.2, -0.15) is 0 Å². The molecule has 156 valence electrons. The second kappa shape index (κ2) is 9.26. The summed E-state index contributed by atoms with van der Waals surface area (Å²) in [4.78, 5) is 28.1. The van der Waals surface area contributed by atoms with Gasteiger partial charge in [0.25, 0.3) is 5.91 Å². The Morgan fingerprint density at radius 2 is 1.83 bits per heavy atom. The van der Waals surface area contributed by atoms with Gasteiger partial charge in [-0.05, 0) is 53.6 Å². The second-order valence-corrected chi connectivity index (χ2v) is 7.17. The number of hydrogen-bond acceptors (Lipinski definition) is 4. The van der Waals surface area contributed by atoms with Gasteiger partial charge in [0.15, 0.2) is 5.76 Å². The number of furan rings is 1. The lowest BCUT2D eigenvalue weighted by molar-refractivity contribution is -0.130. The Kier molecular flexibility index (Phi) is 6.51. The molecular formula is C23H24FN3O3. The molecule has 0 aliphatic rings. The first-order valence-corrected chi connectivity index (χ1v) is 9.48. The van der Waals surface area contributed by atoms with Crippen LogP contribution in [0.25, 0.3) is 0 Å². The summed E-state index contributed by atoms with van der Waals surface area (Å²) >= 11 is 0. The Morgan fingerprint density at radius 1 is 1.03 bits per heavy atom. The summed E-state index contributed by atoms with van der Waals surface area (Å²) < 4.78 is 18.7. The Labute approximate surface area is 174 Å². The molecule has 1 heterocycles. The monoisotopic (exact) mass is 409 g/mol. The molecule has 0 radical (unpaired) electrons. The van der Waals surface area contributed by atoms with E-state index >= 15 is 0 Å². The number of rotatable bonds is 7. The Hall–Kier alpha value is -3.61. The lowest BCUT2D eigenvalue weighted by Gasteiger charge is -2.25. The first kappa shape index (κ1) is 21.1. The minimum Gasteiger partial charge on any atom is -0.459 e. The van der Waals surface area contributed by atoms with E-state index in [0.717, 1.165) is 11.3 Å². The van der Waals surface area contributed by atoms with Crippen molar-refractivity contribution in [3.05, 3.63) is 83.6 Å². The minimum absolute atomic E-state index is 0.131. The predicted molar refractivity (Wildman–Crippen MR) is 114 cm³/mol. The lowest BCUT2D eigenvalue weighted by Crippen LogP contribution is -2.28. The lowest BCUT2D eigenvalue weighted by atomic mass is 10.1. The molecule has 1 N–H and O–H groups in total. The molecule has 0 aliphatic carbocycles. The van der Waals surface area contributed by atoms with E-state index in [-0.39, 0.29) is 29.9 Å². The van der Waals surface area contributed by atoms with Crippen LogP contribution in [0.3, 0.4) is 0 Å². The molecule has 3 aromatic rings. The number of nitrogens with zero attached hydrogens (tertiary/aromatic N) is 2. The molecule has 0 saturated heterocycles. The standard InChI is InChI=1S/C23H24FN3O3/c1-16(28)27(14-17-6-4-7-19(24)12-17)15-18-13-20(9-10-21(18)26(2)3)25-23(29)22-8-5-11-30-22/h4-13H,14-15H2,1-3H3,(H,25,29). The third kappa shape index (κ3) is 5.26. The topological polar surface area (TPSA) is 65.8 Å². The van der Waals surface area contributed by atoms with E-state index < -0.39 is 0 Å². The van der Waals surface area contributed by atoms with E-state index in [2.05, 4.69) is 5.32 Å². The summed E-state index contributed by atoms with van der Waals surface area (Å²) in [6.45, 7) is 2.07. The zero-order valence-corrected chi connectivity index (χ0v) is 17.2. The van der Waals surface area contributed by atoms with Gasteiger partial charge in [-0.1, -0.05) is 12.1 Å². The second-order valence-electron chi connectivity index (χ2n) is 7.17. The van der Waals surface area contributed by atoms with Gasteiger partial charge in [-0.15, -0.1) is 0 Å². The van der Waals surface area contributed by atoms with Gasteiger partial charge >= 0.3 is 0 Å². The Balaban J connectivity index is 1.85. The van der Waals surface area contributed by atoms with Crippen LogP contribution < -0.4 is 10.2 Å². The normalized spacial score (nSPS) is 10.5. The summed E-state index contributed by atoms with van der Waals surface area (Å²) in [6.07, 6.45) is 1.44. The van der Waals surface area contributed by atoms with Crippen molar-refractivity contribution < 1.29 is 18.4 Å². The van der Waals surface area contributed by atoms with Crippen LogP contribution in [0.1, 0.15) is 28.6 Å². The number of carbonyl (C=O) groups excluding carboxylic acids is 2. The van der Waals surface area contributed by atoms with Crippen molar-refractivity contribution in [2.75, 3.05) is 24.3 Å². The molecule has 1 aromatic heterocycles. The fourth-order valence-electron chi connectivity index (χ4n) is 3.17. The molecule has 30 heavy (non-hydrogen) atoms. The van der Waals surface area contributed by atoms with Crippen LogP contribution in [0.15, 0.2) is 65.3 Å². The van der Waals surface area contributed by atoms with Crippen LogP contribution in [0.4, 0.5) is 15.8 Å². The SMILES string of the molecule is CC(=O)N(Cc1cccc(F)c1)Cc1cc(NC(=O)c2ccco2)ccc1N(C)C. The summed E-state index contributed by atoms with van der Waals surface area (Å²) in [5.41, 5.74) is 3.06. The highest BCUT2D eigenvalue weighted by Gasteiger charge is 2.16. The quantitative estimate of drug-likeness (QED) is 0.632. The fraction of sp³-hybridized carbons (Fsp3) is 0.217. The van der Waals surface area contributed by atoms with Gasteiger partial charge in [-0.3, -0.25) is 9.59 Å². The van der Waals surface area contributed by atoms with Gasteiger partial charge in [0, 0.05) is 45.5 Å². The molecule has 0 aliphatic heterocycles. The summed E-state index contributed by atoms with van der Waals surface area (Å²) in [6, 6.07) is 14.9. The zero-order valence-electron chi connectivity index (χ0n) is 17.2.